The molecule has 30 heavy (non-hydrogen) atoms. The molecule has 0 aliphatic rings. The van der Waals surface area contributed by atoms with E-state index < -0.39 is 11.7 Å². The molecule has 6 heteroatoms. The number of aryl methyl sites for hydroxylation is 1. The average molecular weight is 409 g/mol. The SMILES string of the molecule is Cc1cn(CC(=O)c2cccc(C(F)(F)F)c2)c2cc[n+](Cc3ccccc3)cc12. The monoisotopic (exact) mass is 409 g/mol. The first-order chi connectivity index (χ1) is 14.3. The fourth-order valence-corrected chi connectivity index (χ4v) is 3.60. The highest BCUT2D eigenvalue weighted by Gasteiger charge is 2.30. The Morgan fingerprint density at radius 1 is 1.03 bits per heavy atom. The van der Waals surface area contributed by atoms with E-state index in [2.05, 4.69) is 16.7 Å². The first-order valence-corrected chi connectivity index (χ1v) is 9.54. The normalized spacial score (nSPS) is 11.7. The van der Waals surface area contributed by atoms with Gasteiger partial charge in [0.25, 0.3) is 0 Å². The Balaban J connectivity index is 1.60. The summed E-state index contributed by atoms with van der Waals surface area (Å²) in [5.74, 6) is -0.362. The molecule has 0 N–H and O–H groups in total. The molecule has 0 amide bonds. The predicted molar refractivity (Wildman–Crippen MR) is 108 cm³/mol. The van der Waals surface area contributed by atoms with Crippen LogP contribution >= 0.6 is 0 Å². The minimum absolute atomic E-state index is 0.0195. The highest BCUT2D eigenvalue weighted by molar-refractivity contribution is 5.97. The second kappa shape index (κ2) is 7.78. The summed E-state index contributed by atoms with van der Waals surface area (Å²) >= 11 is 0. The number of benzene rings is 2. The maximum absolute atomic E-state index is 12.9. The topological polar surface area (TPSA) is 25.9 Å². The molecule has 0 saturated heterocycles. The quantitative estimate of drug-likeness (QED) is 0.329. The van der Waals surface area contributed by atoms with Gasteiger partial charge in [-0.1, -0.05) is 42.5 Å². The van der Waals surface area contributed by atoms with Gasteiger partial charge >= 0.3 is 6.18 Å². The number of hydrogen-bond acceptors (Lipinski definition) is 1. The van der Waals surface area contributed by atoms with Gasteiger partial charge < -0.3 is 4.57 Å². The third-order valence-corrected chi connectivity index (χ3v) is 5.11. The summed E-state index contributed by atoms with van der Waals surface area (Å²) in [6, 6.07) is 16.6. The Labute approximate surface area is 172 Å². The molecule has 152 valence electrons. The molecule has 0 aliphatic carbocycles. The number of carbonyl (C=O) groups is 1. The van der Waals surface area contributed by atoms with E-state index in [1.165, 1.54) is 17.7 Å². The summed E-state index contributed by atoms with van der Waals surface area (Å²) in [5.41, 5.74) is 2.29. The lowest BCUT2D eigenvalue weighted by Crippen LogP contribution is -2.33. The number of fused-ring (bicyclic) bond motifs is 1. The van der Waals surface area contributed by atoms with Crippen molar-refractivity contribution in [3.05, 3.63) is 102 Å². The van der Waals surface area contributed by atoms with E-state index in [9.17, 15) is 18.0 Å². The van der Waals surface area contributed by atoms with Crippen LogP contribution in [-0.4, -0.2) is 10.4 Å². The number of halogens is 3. The molecule has 0 spiro atoms. The third kappa shape index (κ3) is 4.13. The van der Waals surface area contributed by atoms with Crippen LogP contribution in [0, 0.1) is 6.92 Å². The van der Waals surface area contributed by atoms with Crippen molar-refractivity contribution >= 4 is 16.7 Å². The zero-order valence-corrected chi connectivity index (χ0v) is 16.4. The fraction of sp³-hybridized carbons (Fsp3) is 0.167. The van der Waals surface area contributed by atoms with Crippen LogP contribution in [0.4, 0.5) is 13.2 Å². The van der Waals surface area contributed by atoms with Gasteiger partial charge in [-0.2, -0.15) is 13.2 Å². The van der Waals surface area contributed by atoms with E-state index >= 15 is 0 Å². The van der Waals surface area contributed by atoms with Gasteiger partial charge in [0.05, 0.1) is 23.0 Å². The fourth-order valence-electron chi connectivity index (χ4n) is 3.60. The number of hydrogen-bond donors (Lipinski definition) is 0. The summed E-state index contributed by atoms with van der Waals surface area (Å²) in [6.07, 6.45) is 1.37. The van der Waals surface area contributed by atoms with Crippen LogP contribution in [0.25, 0.3) is 10.9 Å². The molecule has 3 nitrogen and oxygen atoms in total. The first-order valence-electron chi connectivity index (χ1n) is 9.54. The van der Waals surface area contributed by atoms with Crippen LogP contribution in [0.1, 0.15) is 27.0 Å². The Bertz CT molecular complexity index is 1210. The number of carbonyl (C=O) groups excluding carboxylic acids is 1. The van der Waals surface area contributed by atoms with Crippen LogP contribution in [-0.2, 0) is 19.3 Å². The number of pyridine rings is 1. The van der Waals surface area contributed by atoms with E-state index in [4.69, 9.17) is 0 Å². The van der Waals surface area contributed by atoms with Crippen molar-refractivity contribution in [3.8, 4) is 0 Å². The van der Waals surface area contributed by atoms with Gasteiger partial charge in [-0.15, -0.1) is 0 Å². The molecular weight excluding hydrogens is 389 g/mol. The van der Waals surface area contributed by atoms with Gasteiger partial charge in [0.2, 0.25) is 0 Å². The zero-order chi connectivity index (χ0) is 21.3. The van der Waals surface area contributed by atoms with Crippen molar-refractivity contribution in [2.24, 2.45) is 0 Å². The van der Waals surface area contributed by atoms with E-state index in [1.807, 2.05) is 49.8 Å². The Kier molecular flexibility index (Phi) is 5.16. The maximum Gasteiger partial charge on any atom is 0.416 e. The second-order valence-electron chi connectivity index (χ2n) is 7.34. The lowest BCUT2D eigenvalue weighted by molar-refractivity contribution is -0.687. The number of nitrogens with zero attached hydrogens (tertiary/aromatic N) is 2. The number of rotatable bonds is 5. The van der Waals surface area contributed by atoms with Gasteiger partial charge in [0.15, 0.2) is 24.7 Å². The molecule has 4 rings (SSSR count). The van der Waals surface area contributed by atoms with E-state index in [0.717, 1.165) is 35.1 Å². The first kappa shape index (κ1) is 19.9. The molecule has 0 fully saturated rings. The van der Waals surface area contributed by atoms with Crippen molar-refractivity contribution in [3.63, 3.8) is 0 Å². The van der Waals surface area contributed by atoms with Crippen molar-refractivity contribution in [2.75, 3.05) is 0 Å². The van der Waals surface area contributed by atoms with Gasteiger partial charge in [0.1, 0.15) is 0 Å². The minimum Gasteiger partial charge on any atom is -0.339 e. The average Bonchev–Trinajstić information content (AvgIpc) is 3.03. The summed E-state index contributed by atoms with van der Waals surface area (Å²) in [7, 11) is 0. The third-order valence-electron chi connectivity index (χ3n) is 5.11. The van der Waals surface area contributed by atoms with Gasteiger partial charge in [0, 0.05) is 23.4 Å². The largest absolute Gasteiger partial charge is 0.416 e. The van der Waals surface area contributed by atoms with Gasteiger partial charge in [-0.3, -0.25) is 4.79 Å². The number of Topliss-reactive ketones (excluding diaryl/α,β-unsaturated/α-hetero) is 1. The molecule has 2 aromatic heterocycles. The van der Waals surface area contributed by atoms with E-state index in [1.54, 1.807) is 4.57 Å². The Morgan fingerprint density at radius 3 is 2.53 bits per heavy atom. The van der Waals surface area contributed by atoms with Crippen molar-refractivity contribution < 1.29 is 22.5 Å². The number of ketones is 1. The molecular formula is C24H20F3N2O+. The Hall–Kier alpha value is -3.41. The molecule has 2 aromatic carbocycles. The van der Waals surface area contributed by atoms with Crippen LogP contribution in [0.2, 0.25) is 0 Å². The van der Waals surface area contributed by atoms with Gasteiger partial charge in [-0.25, -0.2) is 4.57 Å². The zero-order valence-electron chi connectivity index (χ0n) is 16.4. The summed E-state index contributed by atoms with van der Waals surface area (Å²) < 4.78 is 42.7. The number of alkyl halides is 3. The summed E-state index contributed by atoms with van der Waals surface area (Å²) in [4.78, 5) is 12.7. The Morgan fingerprint density at radius 2 is 1.80 bits per heavy atom. The predicted octanol–water partition coefficient (Wildman–Crippen LogP) is 5.19. The maximum atomic E-state index is 12.9. The van der Waals surface area contributed by atoms with Crippen LogP contribution in [0.5, 0.6) is 0 Å². The molecule has 0 aliphatic heterocycles. The molecule has 4 aromatic rings. The lowest BCUT2D eigenvalue weighted by Gasteiger charge is -2.09. The molecule has 0 unspecified atom stereocenters. The van der Waals surface area contributed by atoms with Crippen LogP contribution < -0.4 is 4.57 Å². The molecule has 2 heterocycles. The minimum atomic E-state index is -4.47. The summed E-state index contributed by atoms with van der Waals surface area (Å²) in [5, 5.41) is 1.00. The molecule has 0 bridgehead atoms. The number of aromatic nitrogens is 2. The van der Waals surface area contributed by atoms with Crippen molar-refractivity contribution in [2.45, 2.75) is 26.2 Å². The molecule has 0 atom stereocenters. The standard InChI is InChI=1S/C24H20F3N2O/c1-17-13-29(16-23(30)19-8-5-9-20(12-19)24(25,26)27)22-10-11-28(15-21(17)22)14-18-6-3-2-4-7-18/h2-13,15H,14,16H2,1H3/q+1. The highest BCUT2D eigenvalue weighted by Crippen LogP contribution is 2.30. The molecule has 0 radical (unpaired) electrons. The van der Waals surface area contributed by atoms with E-state index in [-0.39, 0.29) is 17.9 Å². The highest BCUT2D eigenvalue weighted by atomic mass is 19.4. The van der Waals surface area contributed by atoms with E-state index in [0.29, 0.717) is 0 Å². The lowest BCUT2D eigenvalue weighted by atomic mass is 10.1. The van der Waals surface area contributed by atoms with Crippen molar-refractivity contribution in [1.82, 2.24) is 4.57 Å². The summed E-state index contributed by atoms with van der Waals surface area (Å²) in [6.45, 7) is 2.67. The molecule has 0 saturated carbocycles. The van der Waals surface area contributed by atoms with Crippen molar-refractivity contribution in [1.29, 1.82) is 0 Å². The van der Waals surface area contributed by atoms with Crippen LogP contribution in [0.3, 0.4) is 0 Å². The second-order valence-corrected chi connectivity index (χ2v) is 7.34. The smallest absolute Gasteiger partial charge is 0.339 e. The van der Waals surface area contributed by atoms with Crippen LogP contribution in [0.15, 0.2) is 79.3 Å². The van der Waals surface area contributed by atoms with Gasteiger partial charge in [-0.05, 0) is 24.6 Å².